The number of hydrogen-bond acceptors (Lipinski definition) is 4. The first kappa shape index (κ1) is 17.1. The summed E-state index contributed by atoms with van der Waals surface area (Å²) in [6.07, 6.45) is 3.23. The summed E-state index contributed by atoms with van der Waals surface area (Å²) in [6.45, 7) is 10.7. The Hall–Kier alpha value is 0.0569. The monoisotopic (exact) mass is 262 g/mol. The van der Waals surface area contributed by atoms with E-state index < -0.39 is 8.56 Å². The molecule has 5 heteroatoms. The van der Waals surface area contributed by atoms with Crippen LogP contribution in [0.2, 0.25) is 12.6 Å². The third-order valence-corrected chi connectivity index (χ3v) is 5.42. The topological polar surface area (TPSA) is 56.5 Å². The molecule has 0 amide bonds. The van der Waals surface area contributed by atoms with Gasteiger partial charge >= 0.3 is 8.56 Å². The summed E-state index contributed by atoms with van der Waals surface area (Å²) in [7, 11) is -1.92. The molecule has 0 heterocycles. The molecule has 0 aromatic heterocycles. The lowest BCUT2D eigenvalue weighted by Gasteiger charge is -2.27. The molecule has 0 saturated heterocycles. The highest BCUT2D eigenvalue weighted by Crippen LogP contribution is 2.16. The molecule has 104 valence electrons. The molecule has 0 spiro atoms. The van der Waals surface area contributed by atoms with Crippen molar-refractivity contribution in [3.63, 3.8) is 0 Å². The van der Waals surface area contributed by atoms with Crippen LogP contribution in [0, 0.1) is 0 Å². The number of nitrogens with two attached hydrogens (primary N) is 1. The Kier molecular flexibility index (Phi) is 11.2. The number of nitrogens with one attached hydrogen (secondary N) is 1. The molecular weight excluding hydrogens is 232 g/mol. The van der Waals surface area contributed by atoms with Gasteiger partial charge in [0, 0.05) is 26.3 Å². The average molecular weight is 262 g/mol. The van der Waals surface area contributed by atoms with Gasteiger partial charge in [0.25, 0.3) is 0 Å². The van der Waals surface area contributed by atoms with Gasteiger partial charge in [-0.3, -0.25) is 0 Å². The Morgan fingerprint density at radius 1 is 1.06 bits per heavy atom. The van der Waals surface area contributed by atoms with E-state index in [0.29, 0.717) is 6.54 Å². The van der Waals surface area contributed by atoms with Gasteiger partial charge in [0.2, 0.25) is 0 Å². The molecule has 0 radical (unpaired) electrons. The smallest absolute Gasteiger partial charge is 0.334 e. The summed E-state index contributed by atoms with van der Waals surface area (Å²) in [5, 5.41) is 3.31. The van der Waals surface area contributed by atoms with E-state index in [-0.39, 0.29) is 0 Å². The second-order valence-electron chi connectivity index (χ2n) is 4.47. The first-order valence-corrected chi connectivity index (χ1v) is 9.39. The Morgan fingerprint density at radius 3 is 2.12 bits per heavy atom. The number of rotatable bonds is 12. The lowest BCUT2D eigenvalue weighted by atomic mass is 10.5. The van der Waals surface area contributed by atoms with E-state index >= 15 is 0 Å². The molecule has 0 aliphatic heterocycles. The van der Waals surface area contributed by atoms with Crippen molar-refractivity contribution in [2.24, 2.45) is 5.73 Å². The lowest BCUT2D eigenvalue weighted by molar-refractivity contribution is 0.172. The second-order valence-corrected chi connectivity index (χ2v) is 7.82. The molecule has 0 aromatic carbocycles. The van der Waals surface area contributed by atoms with E-state index in [1.54, 1.807) is 0 Å². The van der Waals surface area contributed by atoms with Crippen LogP contribution in [0.1, 0.15) is 33.1 Å². The van der Waals surface area contributed by atoms with Crippen LogP contribution in [-0.2, 0) is 8.85 Å². The standard InChI is InChI=1S/C12H30N2O2Si/c1-4-10-15-17(3,16-11-5-2)12-6-8-14-9-7-13/h14H,4-13H2,1-3H3. The summed E-state index contributed by atoms with van der Waals surface area (Å²) in [6, 6.07) is 1.06. The Bertz CT molecular complexity index is 163. The molecule has 17 heavy (non-hydrogen) atoms. The second kappa shape index (κ2) is 11.2. The third kappa shape index (κ3) is 9.73. The molecule has 3 N–H and O–H groups in total. The highest BCUT2D eigenvalue weighted by atomic mass is 28.4. The van der Waals surface area contributed by atoms with Crippen molar-refractivity contribution < 1.29 is 8.85 Å². The van der Waals surface area contributed by atoms with Crippen LogP contribution in [0.4, 0.5) is 0 Å². The van der Waals surface area contributed by atoms with Gasteiger partial charge in [-0.15, -0.1) is 0 Å². The summed E-state index contributed by atoms with van der Waals surface area (Å²) < 4.78 is 11.9. The van der Waals surface area contributed by atoms with Gasteiger partial charge in [0.05, 0.1) is 0 Å². The Morgan fingerprint density at radius 2 is 1.65 bits per heavy atom. The van der Waals surface area contributed by atoms with Crippen molar-refractivity contribution in [1.29, 1.82) is 0 Å². The predicted molar refractivity (Wildman–Crippen MR) is 75.5 cm³/mol. The van der Waals surface area contributed by atoms with Crippen LogP contribution in [0.3, 0.4) is 0 Å². The largest absolute Gasteiger partial charge is 0.394 e. The minimum Gasteiger partial charge on any atom is -0.394 e. The molecule has 0 fully saturated rings. The van der Waals surface area contributed by atoms with Gasteiger partial charge in [-0.1, -0.05) is 13.8 Å². The van der Waals surface area contributed by atoms with Crippen LogP contribution in [0.15, 0.2) is 0 Å². The summed E-state index contributed by atoms with van der Waals surface area (Å²) in [5.74, 6) is 0. The molecule has 0 aliphatic rings. The molecule has 0 unspecified atom stereocenters. The van der Waals surface area contributed by atoms with Crippen molar-refractivity contribution in [3.8, 4) is 0 Å². The van der Waals surface area contributed by atoms with Gasteiger partial charge in [0.1, 0.15) is 0 Å². The molecule has 0 atom stereocenters. The van der Waals surface area contributed by atoms with Gasteiger partial charge < -0.3 is 19.9 Å². The first-order chi connectivity index (χ1) is 8.18. The van der Waals surface area contributed by atoms with E-state index in [9.17, 15) is 0 Å². The molecule has 0 rings (SSSR count). The van der Waals surface area contributed by atoms with Crippen LogP contribution >= 0.6 is 0 Å². The maximum absolute atomic E-state index is 5.95. The highest BCUT2D eigenvalue weighted by molar-refractivity contribution is 6.66. The average Bonchev–Trinajstić information content (AvgIpc) is 2.34. The predicted octanol–water partition coefficient (Wildman–Crippen LogP) is 1.85. The zero-order chi connectivity index (χ0) is 13.0. The quantitative estimate of drug-likeness (QED) is 0.416. The Labute approximate surface area is 107 Å². The minimum absolute atomic E-state index is 0.702. The molecule has 4 nitrogen and oxygen atoms in total. The summed E-state index contributed by atoms with van der Waals surface area (Å²) in [4.78, 5) is 0. The van der Waals surface area contributed by atoms with Gasteiger partial charge in [0.15, 0.2) is 0 Å². The highest BCUT2D eigenvalue weighted by Gasteiger charge is 2.30. The van der Waals surface area contributed by atoms with Gasteiger partial charge in [-0.25, -0.2) is 0 Å². The molecule has 0 aromatic rings. The fraction of sp³-hybridized carbons (Fsp3) is 1.00. The van der Waals surface area contributed by atoms with Crippen LogP contribution in [0.25, 0.3) is 0 Å². The summed E-state index contributed by atoms with van der Waals surface area (Å²) >= 11 is 0. The van der Waals surface area contributed by atoms with Crippen molar-refractivity contribution in [2.45, 2.75) is 45.7 Å². The van der Waals surface area contributed by atoms with E-state index in [1.807, 2.05) is 0 Å². The van der Waals surface area contributed by atoms with Crippen LogP contribution in [0.5, 0.6) is 0 Å². The number of hydrogen-bond donors (Lipinski definition) is 2. The zero-order valence-electron chi connectivity index (χ0n) is 11.8. The van der Waals surface area contributed by atoms with Crippen LogP contribution in [-0.4, -0.2) is 41.4 Å². The van der Waals surface area contributed by atoms with Crippen molar-refractivity contribution in [1.82, 2.24) is 5.32 Å². The minimum atomic E-state index is -1.92. The maximum Gasteiger partial charge on any atom is 0.334 e. The fourth-order valence-corrected chi connectivity index (χ4v) is 4.05. The van der Waals surface area contributed by atoms with Crippen molar-refractivity contribution in [2.75, 3.05) is 32.8 Å². The van der Waals surface area contributed by atoms with Gasteiger partial charge in [-0.05, 0) is 38.4 Å². The normalized spacial score (nSPS) is 12.0. The third-order valence-electron chi connectivity index (χ3n) is 2.53. The van der Waals surface area contributed by atoms with E-state index in [1.165, 1.54) is 0 Å². The summed E-state index contributed by atoms with van der Waals surface area (Å²) in [5.41, 5.74) is 5.42. The zero-order valence-corrected chi connectivity index (χ0v) is 12.8. The maximum atomic E-state index is 5.95. The van der Waals surface area contributed by atoms with Gasteiger partial charge in [-0.2, -0.15) is 0 Å². The lowest BCUT2D eigenvalue weighted by Crippen LogP contribution is -2.40. The van der Waals surface area contributed by atoms with E-state index in [2.05, 4.69) is 25.7 Å². The molecule has 0 saturated carbocycles. The van der Waals surface area contributed by atoms with Crippen molar-refractivity contribution in [3.05, 3.63) is 0 Å². The Balaban J connectivity index is 3.82. The first-order valence-electron chi connectivity index (χ1n) is 6.87. The SMILES string of the molecule is CCCO[Si](C)(CCCNCCN)OCCC. The van der Waals surface area contributed by atoms with E-state index in [0.717, 1.165) is 51.6 Å². The fourth-order valence-electron chi connectivity index (χ4n) is 1.58. The molecule has 0 aliphatic carbocycles. The van der Waals surface area contributed by atoms with Crippen LogP contribution < -0.4 is 11.1 Å². The van der Waals surface area contributed by atoms with E-state index in [4.69, 9.17) is 14.6 Å². The molecular formula is C12H30N2O2Si. The van der Waals surface area contributed by atoms with Crippen molar-refractivity contribution >= 4 is 8.56 Å². The molecule has 0 bridgehead atoms.